The predicted octanol–water partition coefficient (Wildman–Crippen LogP) is 2.69. The zero-order valence-corrected chi connectivity index (χ0v) is 10.6. The molecule has 0 amide bonds. The summed E-state index contributed by atoms with van der Waals surface area (Å²) < 4.78 is 5.64. The highest BCUT2D eigenvalue weighted by atomic mass is 16.5. The number of hydrogen-bond donors (Lipinski definition) is 1. The van der Waals surface area contributed by atoms with E-state index in [4.69, 9.17) is 4.74 Å². The van der Waals surface area contributed by atoms with Crippen LogP contribution in [0.5, 0.6) is 0 Å². The molecule has 0 saturated carbocycles. The van der Waals surface area contributed by atoms with Gasteiger partial charge in [-0.05, 0) is 50.8 Å². The number of nitrogens with one attached hydrogen (secondary N) is 1. The third kappa shape index (κ3) is 3.79. The number of aromatic nitrogens is 1. The van der Waals surface area contributed by atoms with Gasteiger partial charge in [0.2, 0.25) is 0 Å². The molecule has 1 aliphatic rings. The molecule has 0 bridgehead atoms. The third-order valence-electron chi connectivity index (χ3n) is 3.48. The van der Waals surface area contributed by atoms with E-state index in [0.29, 0.717) is 12.1 Å². The highest BCUT2D eigenvalue weighted by Crippen LogP contribution is 2.22. The molecule has 1 saturated heterocycles. The highest BCUT2D eigenvalue weighted by molar-refractivity contribution is 5.13. The van der Waals surface area contributed by atoms with Gasteiger partial charge in [-0.25, -0.2) is 0 Å². The van der Waals surface area contributed by atoms with E-state index < -0.39 is 0 Å². The summed E-state index contributed by atoms with van der Waals surface area (Å²) in [4.78, 5) is 4.17. The van der Waals surface area contributed by atoms with Crippen molar-refractivity contribution in [1.29, 1.82) is 0 Å². The van der Waals surface area contributed by atoms with Crippen LogP contribution in [0.4, 0.5) is 0 Å². The minimum absolute atomic E-state index is 0.421. The minimum Gasteiger partial charge on any atom is -0.378 e. The summed E-state index contributed by atoms with van der Waals surface area (Å²) in [6.07, 6.45) is 10.3. The first-order chi connectivity index (χ1) is 8.40. The van der Waals surface area contributed by atoms with E-state index in [1.165, 1.54) is 31.2 Å². The molecule has 1 fully saturated rings. The van der Waals surface area contributed by atoms with Gasteiger partial charge in [-0.15, -0.1) is 0 Å². The minimum atomic E-state index is 0.421. The first-order valence-electron chi connectivity index (χ1n) is 6.59. The molecule has 2 heterocycles. The highest BCUT2D eigenvalue weighted by Gasteiger charge is 2.16. The lowest BCUT2D eigenvalue weighted by molar-refractivity contribution is 0.101. The Morgan fingerprint density at radius 3 is 3.18 bits per heavy atom. The molecule has 2 unspecified atom stereocenters. The van der Waals surface area contributed by atoms with Crippen molar-refractivity contribution in [2.75, 3.05) is 13.7 Å². The molecule has 1 aromatic rings. The molecule has 1 N–H and O–H groups in total. The molecular weight excluding hydrogens is 212 g/mol. The van der Waals surface area contributed by atoms with Gasteiger partial charge in [0.25, 0.3) is 0 Å². The Kier molecular flexibility index (Phi) is 4.95. The van der Waals surface area contributed by atoms with Gasteiger partial charge in [0.15, 0.2) is 0 Å². The van der Waals surface area contributed by atoms with Crippen LogP contribution >= 0.6 is 0 Å². The fraction of sp³-hybridized carbons (Fsp3) is 0.643. The van der Waals surface area contributed by atoms with Crippen molar-refractivity contribution in [3.05, 3.63) is 30.1 Å². The summed E-state index contributed by atoms with van der Waals surface area (Å²) in [5, 5.41) is 3.36. The van der Waals surface area contributed by atoms with Crippen LogP contribution in [0, 0.1) is 0 Å². The number of hydrogen-bond acceptors (Lipinski definition) is 3. The SMILES string of the molecule is CNC(CCCC1CCCO1)c1cccnc1. The van der Waals surface area contributed by atoms with Crippen LogP contribution in [-0.2, 0) is 4.74 Å². The molecular formula is C14H22N2O. The summed E-state index contributed by atoms with van der Waals surface area (Å²) in [6.45, 7) is 0.961. The van der Waals surface area contributed by atoms with Crippen molar-refractivity contribution in [3.8, 4) is 0 Å². The zero-order chi connectivity index (χ0) is 11.9. The first-order valence-corrected chi connectivity index (χ1v) is 6.59. The lowest BCUT2D eigenvalue weighted by Crippen LogP contribution is -2.17. The summed E-state index contributed by atoms with van der Waals surface area (Å²) in [5.74, 6) is 0. The fourth-order valence-electron chi connectivity index (χ4n) is 2.48. The predicted molar refractivity (Wildman–Crippen MR) is 68.9 cm³/mol. The fourth-order valence-corrected chi connectivity index (χ4v) is 2.48. The van der Waals surface area contributed by atoms with Crippen molar-refractivity contribution in [2.24, 2.45) is 0 Å². The van der Waals surface area contributed by atoms with Gasteiger partial charge in [0.1, 0.15) is 0 Å². The first kappa shape index (κ1) is 12.5. The van der Waals surface area contributed by atoms with Crippen molar-refractivity contribution < 1.29 is 4.74 Å². The maximum absolute atomic E-state index is 5.64. The summed E-state index contributed by atoms with van der Waals surface area (Å²) in [6, 6.07) is 4.56. The maximum atomic E-state index is 5.64. The van der Waals surface area contributed by atoms with Gasteiger partial charge in [-0.3, -0.25) is 4.98 Å². The molecule has 17 heavy (non-hydrogen) atoms. The van der Waals surface area contributed by atoms with Gasteiger partial charge < -0.3 is 10.1 Å². The summed E-state index contributed by atoms with van der Waals surface area (Å²) >= 11 is 0. The van der Waals surface area contributed by atoms with Crippen molar-refractivity contribution >= 4 is 0 Å². The van der Waals surface area contributed by atoms with E-state index in [0.717, 1.165) is 13.0 Å². The normalized spacial score (nSPS) is 21.6. The van der Waals surface area contributed by atoms with E-state index in [1.54, 1.807) is 0 Å². The molecule has 0 aliphatic carbocycles. The lowest BCUT2D eigenvalue weighted by Gasteiger charge is -2.17. The van der Waals surface area contributed by atoms with Crippen LogP contribution in [-0.4, -0.2) is 24.7 Å². The van der Waals surface area contributed by atoms with Gasteiger partial charge in [0.05, 0.1) is 6.10 Å². The zero-order valence-electron chi connectivity index (χ0n) is 10.6. The average Bonchev–Trinajstić information content (AvgIpc) is 2.89. The number of ether oxygens (including phenoxy) is 1. The second-order valence-corrected chi connectivity index (χ2v) is 4.69. The van der Waals surface area contributed by atoms with Crippen LogP contribution in [0.2, 0.25) is 0 Å². The average molecular weight is 234 g/mol. The van der Waals surface area contributed by atoms with Gasteiger partial charge in [-0.2, -0.15) is 0 Å². The molecule has 1 aromatic heterocycles. The number of rotatable bonds is 6. The van der Waals surface area contributed by atoms with Crippen LogP contribution in [0.25, 0.3) is 0 Å². The van der Waals surface area contributed by atoms with E-state index >= 15 is 0 Å². The van der Waals surface area contributed by atoms with E-state index in [9.17, 15) is 0 Å². The maximum Gasteiger partial charge on any atom is 0.0576 e. The quantitative estimate of drug-likeness (QED) is 0.821. The monoisotopic (exact) mass is 234 g/mol. The summed E-state index contributed by atoms with van der Waals surface area (Å²) in [7, 11) is 2.02. The van der Waals surface area contributed by atoms with Crippen LogP contribution in [0.3, 0.4) is 0 Å². The number of nitrogens with zero attached hydrogens (tertiary/aromatic N) is 1. The van der Waals surface area contributed by atoms with Crippen molar-refractivity contribution in [2.45, 2.75) is 44.2 Å². The Morgan fingerprint density at radius 2 is 2.53 bits per heavy atom. The molecule has 3 heteroatoms. The smallest absolute Gasteiger partial charge is 0.0576 e. The summed E-state index contributed by atoms with van der Waals surface area (Å²) in [5.41, 5.74) is 1.28. The van der Waals surface area contributed by atoms with Crippen molar-refractivity contribution in [1.82, 2.24) is 10.3 Å². The topological polar surface area (TPSA) is 34.1 Å². The van der Waals surface area contributed by atoms with Crippen LogP contribution in [0.15, 0.2) is 24.5 Å². The molecule has 0 aromatic carbocycles. The molecule has 0 radical (unpaired) electrons. The Hall–Kier alpha value is -0.930. The largest absolute Gasteiger partial charge is 0.378 e. The standard InChI is InChI=1S/C14H22N2O/c1-15-14(12-5-3-9-16-11-12)8-2-6-13-7-4-10-17-13/h3,5,9,11,13-15H,2,4,6-8,10H2,1H3. The van der Waals surface area contributed by atoms with Crippen LogP contribution < -0.4 is 5.32 Å². The second-order valence-electron chi connectivity index (χ2n) is 4.69. The second kappa shape index (κ2) is 6.72. The molecule has 0 spiro atoms. The third-order valence-corrected chi connectivity index (χ3v) is 3.48. The molecule has 94 valence electrons. The van der Waals surface area contributed by atoms with Gasteiger partial charge >= 0.3 is 0 Å². The Labute approximate surface area is 104 Å². The number of pyridine rings is 1. The molecule has 2 rings (SSSR count). The van der Waals surface area contributed by atoms with Crippen LogP contribution in [0.1, 0.15) is 43.7 Å². The molecule has 2 atom stereocenters. The Bertz CT molecular complexity index is 309. The Balaban J connectivity index is 1.75. The van der Waals surface area contributed by atoms with Gasteiger partial charge in [-0.1, -0.05) is 6.07 Å². The molecule has 3 nitrogen and oxygen atoms in total. The lowest BCUT2D eigenvalue weighted by atomic mass is 10.0. The van der Waals surface area contributed by atoms with Gasteiger partial charge in [0, 0.05) is 25.0 Å². The van der Waals surface area contributed by atoms with Crippen molar-refractivity contribution in [3.63, 3.8) is 0 Å². The molecule has 1 aliphatic heterocycles. The van der Waals surface area contributed by atoms with E-state index in [-0.39, 0.29) is 0 Å². The van der Waals surface area contributed by atoms with E-state index in [1.807, 2.05) is 25.5 Å². The Morgan fingerprint density at radius 1 is 1.59 bits per heavy atom. The van der Waals surface area contributed by atoms with E-state index in [2.05, 4.69) is 16.4 Å².